The van der Waals surface area contributed by atoms with Crippen LogP contribution in [-0.4, -0.2) is 0 Å². The second-order valence-electron chi connectivity index (χ2n) is 3.53. The Bertz CT molecular complexity index is 323. The molecule has 0 aliphatic heterocycles. The smallest absolute Gasteiger partial charge is 0.129 e. The van der Waals surface area contributed by atoms with E-state index >= 15 is 0 Å². The maximum atomic E-state index is 13.4. The lowest BCUT2D eigenvalue weighted by Crippen LogP contribution is -2.14. The molecule has 0 bridgehead atoms. The third-order valence-electron chi connectivity index (χ3n) is 2.45. The summed E-state index contributed by atoms with van der Waals surface area (Å²) in [6, 6.07) is 5.15. The van der Waals surface area contributed by atoms with E-state index in [0.717, 1.165) is 16.4 Å². The molecule has 1 aliphatic rings. The van der Waals surface area contributed by atoms with Gasteiger partial charge in [-0.1, -0.05) is 6.07 Å². The van der Waals surface area contributed by atoms with E-state index in [2.05, 4.69) is 22.6 Å². The van der Waals surface area contributed by atoms with Crippen molar-refractivity contribution < 1.29 is 4.39 Å². The summed E-state index contributed by atoms with van der Waals surface area (Å²) in [6.07, 6.45) is 2.29. The molecular formula is C10H11FIN. The van der Waals surface area contributed by atoms with Crippen LogP contribution in [0.3, 0.4) is 0 Å². The lowest BCUT2D eigenvalue weighted by molar-refractivity contribution is 0.553. The Labute approximate surface area is 90.7 Å². The predicted octanol–water partition coefficient (Wildman–Crippen LogP) is 2.84. The van der Waals surface area contributed by atoms with Gasteiger partial charge in [-0.05, 0) is 53.5 Å². The number of hydrogen-bond acceptors (Lipinski definition) is 1. The molecule has 1 saturated carbocycles. The highest BCUT2D eigenvalue weighted by molar-refractivity contribution is 14.1. The minimum absolute atomic E-state index is 0.100. The molecule has 1 aromatic carbocycles. The fraction of sp³-hybridized carbons (Fsp3) is 0.400. The van der Waals surface area contributed by atoms with Crippen LogP contribution in [-0.2, 0) is 0 Å². The summed E-state index contributed by atoms with van der Waals surface area (Å²) >= 11 is 2.10. The van der Waals surface area contributed by atoms with Crippen molar-refractivity contribution in [2.24, 2.45) is 11.7 Å². The normalized spacial score (nSPS) is 18.7. The minimum Gasteiger partial charge on any atom is -0.324 e. The summed E-state index contributed by atoms with van der Waals surface area (Å²) in [4.78, 5) is 0. The lowest BCUT2D eigenvalue weighted by atomic mass is 10.0. The molecule has 0 unspecified atom stereocenters. The van der Waals surface area contributed by atoms with E-state index in [4.69, 9.17) is 5.73 Å². The first-order valence-electron chi connectivity index (χ1n) is 4.39. The molecule has 1 aromatic rings. The average molecular weight is 291 g/mol. The molecule has 1 aliphatic carbocycles. The van der Waals surface area contributed by atoms with Crippen LogP contribution in [0.2, 0.25) is 0 Å². The molecule has 13 heavy (non-hydrogen) atoms. The standard InChI is InChI=1S/C10H11FIN/c11-9-5-7(12)3-4-8(9)10(13)6-1-2-6/h3-6,10H,1-2,13H2/t10-/m0/s1. The van der Waals surface area contributed by atoms with Gasteiger partial charge in [0.1, 0.15) is 5.82 Å². The third kappa shape index (κ3) is 2.02. The van der Waals surface area contributed by atoms with Gasteiger partial charge < -0.3 is 5.73 Å². The monoisotopic (exact) mass is 291 g/mol. The fourth-order valence-electron chi connectivity index (χ4n) is 1.48. The molecule has 0 heterocycles. The Morgan fingerprint density at radius 3 is 2.69 bits per heavy atom. The second-order valence-corrected chi connectivity index (χ2v) is 4.77. The van der Waals surface area contributed by atoms with Crippen molar-refractivity contribution in [1.82, 2.24) is 0 Å². The minimum atomic E-state index is -0.161. The summed E-state index contributed by atoms with van der Waals surface area (Å²) in [6.45, 7) is 0. The van der Waals surface area contributed by atoms with Crippen LogP contribution in [0.5, 0.6) is 0 Å². The maximum absolute atomic E-state index is 13.4. The van der Waals surface area contributed by atoms with E-state index in [1.165, 1.54) is 6.07 Å². The summed E-state index contributed by atoms with van der Waals surface area (Å²) in [5.41, 5.74) is 6.58. The maximum Gasteiger partial charge on any atom is 0.129 e. The summed E-state index contributed by atoms with van der Waals surface area (Å²) in [5, 5.41) is 0. The van der Waals surface area contributed by atoms with Gasteiger partial charge in [-0.2, -0.15) is 0 Å². The number of halogens is 2. The summed E-state index contributed by atoms with van der Waals surface area (Å²) in [7, 11) is 0. The zero-order chi connectivity index (χ0) is 9.42. The third-order valence-corrected chi connectivity index (χ3v) is 3.12. The van der Waals surface area contributed by atoms with Crippen molar-refractivity contribution in [2.45, 2.75) is 18.9 Å². The van der Waals surface area contributed by atoms with E-state index in [1.807, 2.05) is 6.07 Å². The van der Waals surface area contributed by atoms with Gasteiger partial charge in [-0.25, -0.2) is 4.39 Å². The highest BCUT2D eigenvalue weighted by Gasteiger charge is 2.30. The number of benzene rings is 1. The molecule has 70 valence electrons. The molecule has 0 saturated heterocycles. The van der Waals surface area contributed by atoms with E-state index < -0.39 is 0 Å². The highest BCUT2D eigenvalue weighted by atomic mass is 127. The molecular weight excluding hydrogens is 280 g/mol. The molecule has 2 N–H and O–H groups in total. The first-order chi connectivity index (χ1) is 6.18. The van der Waals surface area contributed by atoms with Crippen LogP contribution in [0, 0.1) is 15.3 Å². The Balaban J connectivity index is 2.28. The summed E-state index contributed by atoms with van der Waals surface area (Å²) < 4.78 is 14.3. The molecule has 2 rings (SSSR count). The topological polar surface area (TPSA) is 26.0 Å². The Morgan fingerprint density at radius 1 is 1.46 bits per heavy atom. The molecule has 1 nitrogen and oxygen atoms in total. The molecule has 3 heteroatoms. The zero-order valence-electron chi connectivity index (χ0n) is 7.13. The quantitative estimate of drug-likeness (QED) is 0.833. The number of hydrogen-bond donors (Lipinski definition) is 1. The predicted molar refractivity (Wildman–Crippen MR) is 58.8 cm³/mol. The van der Waals surface area contributed by atoms with Gasteiger partial charge in [0.2, 0.25) is 0 Å². The Kier molecular flexibility index (Phi) is 2.55. The molecule has 1 atom stereocenters. The van der Waals surface area contributed by atoms with Crippen LogP contribution in [0.4, 0.5) is 4.39 Å². The lowest BCUT2D eigenvalue weighted by Gasteiger charge is -2.11. The van der Waals surface area contributed by atoms with E-state index in [1.54, 1.807) is 6.07 Å². The van der Waals surface area contributed by atoms with E-state index in [0.29, 0.717) is 11.5 Å². The van der Waals surface area contributed by atoms with Crippen LogP contribution in [0.1, 0.15) is 24.4 Å². The number of nitrogens with two attached hydrogens (primary N) is 1. The Morgan fingerprint density at radius 2 is 2.15 bits per heavy atom. The van der Waals surface area contributed by atoms with E-state index in [-0.39, 0.29) is 11.9 Å². The molecule has 0 aromatic heterocycles. The SMILES string of the molecule is N[C@H](c1ccc(I)cc1F)C1CC1. The summed E-state index contributed by atoms with van der Waals surface area (Å²) in [5.74, 6) is 0.348. The van der Waals surface area contributed by atoms with Gasteiger partial charge in [0.15, 0.2) is 0 Å². The molecule has 0 amide bonds. The molecule has 1 fully saturated rings. The van der Waals surface area contributed by atoms with Crippen molar-refractivity contribution in [3.05, 3.63) is 33.1 Å². The number of rotatable bonds is 2. The van der Waals surface area contributed by atoms with Crippen LogP contribution < -0.4 is 5.73 Å². The van der Waals surface area contributed by atoms with Crippen LogP contribution >= 0.6 is 22.6 Å². The zero-order valence-corrected chi connectivity index (χ0v) is 9.29. The van der Waals surface area contributed by atoms with E-state index in [9.17, 15) is 4.39 Å². The molecule has 0 radical (unpaired) electrons. The van der Waals surface area contributed by atoms with Crippen molar-refractivity contribution in [1.29, 1.82) is 0 Å². The van der Waals surface area contributed by atoms with Crippen molar-refractivity contribution in [3.8, 4) is 0 Å². The van der Waals surface area contributed by atoms with Gasteiger partial charge in [-0.3, -0.25) is 0 Å². The van der Waals surface area contributed by atoms with Crippen LogP contribution in [0.25, 0.3) is 0 Å². The van der Waals surface area contributed by atoms with Crippen LogP contribution in [0.15, 0.2) is 18.2 Å². The average Bonchev–Trinajstić information content (AvgIpc) is 2.85. The first-order valence-corrected chi connectivity index (χ1v) is 5.47. The van der Waals surface area contributed by atoms with Gasteiger partial charge in [0, 0.05) is 15.2 Å². The first kappa shape index (κ1) is 9.40. The van der Waals surface area contributed by atoms with Gasteiger partial charge in [-0.15, -0.1) is 0 Å². The van der Waals surface area contributed by atoms with Gasteiger partial charge in [0.25, 0.3) is 0 Å². The van der Waals surface area contributed by atoms with Crippen molar-refractivity contribution in [3.63, 3.8) is 0 Å². The van der Waals surface area contributed by atoms with Gasteiger partial charge in [0.05, 0.1) is 0 Å². The highest BCUT2D eigenvalue weighted by Crippen LogP contribution is 2.40. The Hall–Kier alpha value is -0.160. The van der Waals surface area contributed by atoms with Crippen molar-refractivity contribution >= 4 is 22.6 Å². The largest absolute Gasteiger partial charge is 0.324 e. The molecule has 0 spiro atoms. The van der Waals surface area contributed by atoms with Gasteiger partial charge >= 0.3 is 0 Å². The second kappa shape index (κ2) is 3.53. The fourth-order valence-corrected chi connectivity index (χ4v) is 1.93. The van der Waals surface area contributed by atoms with Crippen molar-refractivity contribution in [2.75, 3.05) is 0 Å².